The van der Waals surface area contributed by atoms with E-state index in [0.29, 0.717) is 10.1 Å². The molecule has 0 amide bonds. The molecule has 3 aromatic rings. The number of ether oxygens (including phenoxy) is 1. The van der Waals surface area contributed by atoms with Crippen molar-refractivity contribution in [2.75, 3.05) is 0 Å². The molecule has 0 unspecified atom stereocenters. The van der Waals surface area contributed by atoms with Crippen LogP contribution in [0.2, 0.25) is 0 Å². The molecule has 6 nitrogen and oxygen atoms in total. The van der Waals surface area contributed by atoms with E-state index in [4.69, 9.17) is 4.74 Å². The standard InChI is InChI=1S/C10H4BrF2N5O/c11-5-1-6(12)10(13)7(2-5)19-9-4-14-3-8-15-16-17-18(8)9/h1-4H. The summed E-state index contributed by atoms with van der Waals surface area (Å²) >= 11 is 3.05. The number of fused-ring (bicyclic) bond motifs is 1. The van der Waals surface area contributed by atoms with Crippen molar-refractivity contribution in [1.82, 2.24) is 25.0 Å². The Morgan fingerprint density at radius 2 is 2.05 bits per heavy atom. The molecule has 2 heterocycles. The Hall–Kier alpha value is -2.16. The molecule has 1 aromatic carbocycles. The molecule has 0 saturated carbocycles. The first-order chi connectivity index (χ1) is 9.15. The monoisotopic (exact) mass is 327 g/mol. The van der Waals surface area contributed by atoms with Gasteiger partial charge in [0.25, 0.3) is 0 Å². The van der Waals surface area contributed by atoms with Gasteiger partial charge in [-0.25, -0.2) is 4.39 Å². The molecule has 0 radical (unpaired) electrons. The van der Waals surface area contributed by atoms with Crippen molar-refractivity contribution in [3.8, 4) is 11.6 Å². The minimum absolute atomic E-state index is 0.0684. The van der Waals surface area contributed by atoms with Crippen molar-refractivity contribution in [3.63, 3.8) is 0 Å². The van der Waals surface area contributed by atoms with Crippen molar-refractivity contribution < 1.29 is 13.5 Å². The summed E-state index contributed by atoms with van der Waals surface area (Å²) in [6.45, 7) is 0. The maximum absolute atomic E-state index is 13.6. The number of nitrogens with zero attached hydrogens (tertiary/aromatic N) is 5. The van der Waals surface area contributed by atoms with Gasteiger partial charge < -0.3 is 4.74 Å². The van der Waals surface area contributed by atoms with Gasteiger partial charge in [-0.15, -0.1) is 5.10 Å². The van der Waals surface area contributed by atoms with E-state index in [1.165, 1.54) is 23.0 Å². The SMILES string of the molecule is Fc1cc(Br)cc(Oc2cncc3nnnn23)c1F. The predicted octanol–water partition coefficient (Wildman–Crippen LogP) is 2.35. The van der Waals surface area contributed by atoms with Gasteiger partial charge in [0.05, 0.1) is 12.4 Å². The summed E-state index contributed by atoms with van der Waals surface area (Å²) in [4.78, 5) is 3.84. The van der Waals surface area contributed by atoms with Gasteiger partial charge in [-0.3, -0.25) is 4.98 Å². The van der Waals surface area contributed by atoms with Crippen LogP contribution in [0.3, 0.4) is 0 Å². The van der Waals surface area contributed by atoms with E-state index in [1.54, 1.807) is 0 Å². The van der Waals surface area contributed by atoms with Crippen molar-refractivity contribution in [2.24, 2.45) is 0 Å². The van der Waals surface area contributed by atoms with Crippen LogP contribution in [0.25, 0.3) is 5.65 Å². The second-order valence-corrected chi connectivity index (χ2v) is 4.41. The Kier molecular flexibility index (Phi) is 2.82. The van der Waals surface area contributed by atoms with Crippen LogP contribution in [0.15, 0.2) is 29.0 Å². The van der Waals surface area contributed by atoms with Gasteiger partial charge in [0.15, 0.2) is 11.6 Å². The molecule has 0 aliphatic carbocycles. The van der Waals surface area contributed by atoms with Crippen LogP contribution >= 0.6 is 15.9 Å². The Bertz CT molecular complexity index is 763. The molecule has 9 heteroatoms. The van der Waals surface area contributed by atoms with E-state index in [9.17, 15) is 8.78 Å². The Morgan fingerprint density at radius 3 is 2.89 bits per heavy atom. The Labute approximate surface area is 113 Å². The summed E-state index contributed by atoms with van der Waals surface area (Å²) < 4.78 is 33.7. The smallest absolute Gasteiger partial charge is 0.242 e. The lowest BCUT2D eigenvalue weighted by molar-refractivity contribution is 0.393. The van der Waals surface area contributed by atoms with Crippen molar-refractivity contribution in [1.29, 1.82) is 0 Å². The van der Waals surface area contributed by atoms with Gasteiger partial charge >= 0.3 is 0 Å². The molecule has 96 valence electrons. The van der Waals surface area contributed by atoms with E-state index in [0.717, 1.165) is 6.07 Å². The molecule has 0 saturated heterocycles. The molecule has 2 aromatic heterocycles. The van der Waals surface area contributed by atoms with E-state index < -0.39 is 11.6 Å². The predicted molar refractivity (Wildman–Crippen MR) is 62.7 cm³/mol. The average Bonchev–Trinajstić information content (AvgIpc) is 2.84. The quantitative estimate of drug-likeness (QED) is 0.676. The summed E-state index contributed by atoms with van der Waals surface area (Å²) in [5.41, 5.74) is 0.327. The third-order valence-corrected chi connectivity index (χ3v) is 2.71. The number of hydrogen-bond donors (Lipinski definition) is 0. The van der Waals surface area contributed by atoms with E-state index >= 15 is 0 Å². The Morgan fingerprint density at radius 1 is 1.21 bits per heavy atom. The summed E-state index contributed by atoms with van der Waals surface area (Å²) in [6, 6.07) is 2.29. The average molecular weight is 328 g/mol. The molecule has 0 aliphatic heterocycles. The molecule has 0 fully saturated rings. The lowest BCUT2D eigenvalue weighted by Crippen LogP contribution is -1.99. The highest BCUT2D eigenvalue weighted by Crippen LogP contribution is 2.29. The number of benzene rings is 1. The van der Waals surface area contributed by atoms with Gasteiger partial charge in [-0.05, 0) is 22.6 Å². The molecule has 0 atom stereocenters. The largest absolute Gasteiger partial charge is 0.434 e. The highest BCUT2D eigenvalue weighted by molar-refractivity contribution is 9.10. The molecule has 19 heavy (non-hydrogen) atoms. The van der Waals surface area contributed by atoms with Crippen molar-refractivity contribution in [2.45, 2.75) is 0 Å². The molecule has 0 N–H and O–H groups in total. The van der Waals surface area contributed by atoms with Crippen LogP contribution in [-0.4, -0.2) is 25.0 Å². The lowest BCUT2D eigenvalue weighted by Gasteiger charge is -2.07. The number of tetrazole rings is 1. The zero-order valence-electron chi connectivity index (χ0n) is 9.09. The fourth-order valence-electron chi connectivity index (χ4n) is 1.44. The highest BCUT2D eigenvalue weighted by atomic mass is 79.9. The summed E-state index contributed by atoms with van der Waals surface area (Å²) in [5, 5.41) is 10.7. The van der Waals surface area contributed by atoms with Gasteiger partial charge in [0.1, 0.15) is 0 Å². The van der Waals surface area contributed by atoms with Crippen molar-refractivity contribution >= 4 is 21.6 Å². The van der Waals surface area contributed by atoms with Gasteiger partial charge in [0, 0.05) is 4.47 Å². The maximum atomic E-state index is 13.6. The summed E-state index contributed by atoms with van der Waals surface area (Å²) in [6.07, 6.45) is 2.70. The summed E-state index contributed by atoms with van der Waals surface area (Å²) in [5.74, 6) is -2.36. The molecular weight excluding hydrogens is 324 g/mol. The van der Waals surface area contributed by atoms with E-state index in [-0.39, 0.29) is 11.6 Å². The van der Waals surface area contributed by atoms with E-state index in [1.807, 2.05) is 0 Å². The molecule has 0 spiro atoms. The molecular formula is C10H4BrF2N5O. The van der Waals surface area contributed by atoms with Crippen LogP contribution in [0.5, 0.6) is 11.6 Å². The number of hydrogen-bond acceptors (Lipinski definition) is 5. The number of rotatable bonds is 2. The fraction of sp³-hybridized carbons (Fsp3) is 0. The highest BCUT2D eigenvalue weighted by Gasteiger charge is 2.14. The molecule has 0 bridgehead atoms. The molecule has 3 rings (SSSR count). The van der Waals surface area contributed by atoms with Crippen LogP contribution in [0, 0.1) is 11.6 Å². The third kappa shape index (κ3) is 2.12. The van der Waals surface area contributed by atoms with Crippen LogP contribution < -0.4 is 4.74 Å². The minimum atomic E-state index is -1.10. The second-order valence-electron chi connectivity index (χ2n) is 3.50. The molecule has 0 aliphatic rings. The first-order valence-corrected chi connectivity index (χ1v) is 5.79. The summed E-state index contributed by atoms with van der Waals surface area (Å²) in [7, 11) is 0. The van der Waals surface area contributed by atoms with Gasteiger partial charge in [-0.1, -0.05) is 15.9 Å². The van der Waals surface area contributed by atoms with Crippen LogP contribution in [0.4, 0.5) is 8.78 Å². The van der Waals surface area contributed by atoms with Crippen LogP contribution in [-0.2, 0) is 0 Å². The van der Waals surface area contributed by atoms with Gasteiger partial charge in [0.2, 0.25) is 17.3 Å². The van der Waals surface area contributed by atoms with E-state index in [2.05, 4.69) is 36.4 Å². The normalized spacial score (nSPS) is 10.9. The van der Waals surface area contributed by atoms with Crippen LogP contribution in [0.1, 0.15) is 0 Å². The third-order valence-electron chi connectivity index (χ3n) is 2.25. The lowest BCUT2D eigenvalue weighted by atomic mass is 10.3. The zero-order valence-corrected chi connectivity index (χ0v) is 10.7. The first kappa shape index (κ1) is 11.9. The fourth-order valence-corrected chi connectivity index (χ4v) is 1.85. The van der Waals surface area contributed by atoms with Crippen molar-refractivity contribution in [3.05, 3.63) is 40.6 Å². The number of aromatic nitrogens is 5. The van der Waals surface area contributed by atoms with Gasteiger partial charge in [-0.2, -0.15) is 8.91 Å². The first-order valence-electron chi connectivity index (χ1n) is 4.99. The second kappa shape index (κ2) is 4.50. The number of halogens is 3. The Balaban J connectivity index is 2.08. The minimum Gasteiger partial charge on any atom is -0.434 e. The topological polar surface area (TPSA) is 65.2 Å². The maximum Gasteiger partial charge on any atom is 0.242 e. The zero-order chi connectivity index (χ0) is 13.4.